The van der Waals surface area contributed by atoms with Crippen molar-refractivity contribution in [2.75, 3.05) is 40.8 Å². The topological polar surface area (TPSA) is 18.5 Å². The quantitative estimate of drug-likeness (QED) is 0.921. The number of halogens is 2. The molecule has 20 heavy (non-hydrogen) atoms. The Hall–Kier alpha value is -0.680. The third-order valence-corrected chi connectivity index (χ3v) is 4.41. The molecule has 112 valence electrons. The normalized spacial score (nSPS) is 22.9. The lowest BCUT2D eigenvalue weighted by molar-refractivity contribution is 0.101. The lowest BCUT2D eigenvalue weighted by atomic mass is 9.97. The van der Waals surface area contributed by atoms with Crippen LogP contribution in [0.1, 0.15) is 18.0 Å². The van der Waals surface area contributed by atoms with Crippen LogP contribution in [-0.2, 0) is 0 Å². The molecular formula is C15H23ClFN3. The first-order valence-electron chi connectivity index (χ1n) is 7.02. The van der Waals surface area contributed by atoms with Crippen LogP contribution < -0.4 is 5.32 Å². The second kappa shape index (κ2) is 6.85. The second-order valence-electron chi connectivity index (χ2n) is 5.64. The van der Waals surface area contributed by atoms with Gasteiger partial charge in [0, 0.05) is 42.3 Å². The lowest BCUT2D eigenvalue weighted by Gasteiger charge is -2.39. The van der Waals surface area contributed by atoms with Gasteiger partial charge in [-0.2, -0.15) is 0 Å². The van der Waals surface area contributed by atoms with E-state index in [4.69, 9.17) is 11.6 Å². The molecule has 2 rings (SSSR count). The Kier molecular flexibility index (Phi) is 5.38. The van der Waals surface area contributed by atoms with Crippen molar-refractivity contribution >= 4 is 11.6 Å². The fourth-order valence-electron chi connectivity index (χ4n) is 2.81. The van der Waals surface area contributed by atoms with Crippen LogP contribution in [0.15, 0.2) is 18.2 Å². The Morgan fingerprint density at radius 3 is 2.80 bits per heavy atom. The Morgan fingerprint density at radius 1 is 1.40 bits per heavy atom. The summed E-state index contributed by atoms with van der Waals surface area (Å²) in [5, 5.41) is 3.67. The Balaban J connectivity index is 2.11. The fraction of sp³-hybridized carbons (Fsp3) is 0.600. The standard InChI is InChI=1S/C15H23ClFN3/c1-18-15(13-5-4-11(16)8-14(13)17)9-12-10-19(2)6-7-20(12)3/h4-5,8,12,15,18H,6-7,9-10H2,1-3H3. The van der Waals surface area contributed by atoms with E-state index in [-0.39, 0.29) is 11.9 Å². The molecule has 2 unspecified atom stereocenters. The minimum atomic E-state index is -0.233. The molecule has 0 spiro atoms. The van der Waals surface area contributed by atoms with Crippen molar-refractivity contribution in [2.45, 2.75) is 18.5 Å². The number of hydrogen-bond donors (Lipinski definition) is 1. The summed E-state index contributed by atoms with van der Waals surface area (Å²) in [6.45, 7) is 3.16. The smallest absolute Gasteiger partial charge is 0.129 e. The van der Waals surface area contributed by atoms with Crippen molar-refractivity contribution in [1.82, 2.24) is 15.1 Å². The Labute approximate surface area is 125 Å². The van der Waals surface area contributed by atoms with Crippen LogP contribution in [0.2, 0.25) is 5.02 Å². The van der Waals surface area contributed by atoms with E-state index in [1.165, 1.54) is 6.07 Å². The molecule has 2 atom stereocenters. The van der Waals surface area contributed by atoms with Crippen LogP contribution in [-0.4, -0.2) is 56.6 Å². The van der Waals surface area contributed by atoms with Crippen LogP contribution in [0.3, 0.4) is 0 Å². The average molecular weight is 300 g/mol. The maximum absolute atomic E-state index is 14.1. The van der Waals surface area contributed by atoms with Gasteiger partial charge >= 0.3 is 0 Å². The van der Waals surface area contributed by atoms with Crippen LogP contribution in [0.4, 0.5) is 4.39 Å². The van der Waals surface area contributed by atoms with E-state index in [2.05, 4.69) is 29.2 Å². The van der Waals surface area contributed by atoms with Crippen LogP contribution in [0.5, 0.6) is 0 Å². The van der Waals surface area contributed by atoms with Gasteiger partial charge in [-0.15, -0.1) is 0 Å². The molecule has 5 heteroatoms. The summed E-state index contributed by atoms with van der Waals surface area (Å²) in [5.74, 6) is -0.233. The van der Waals surface area contributed by atoms with Crippen molar-refractivity contribution in [1.29, 1.82) is 0 Å². The van der Waals surface area contributed by atoms with Crippen LogP contribution in [0.25, 0.3) is 0 Å². The van der Waals surface area contributed by atoms with E-state index >= 15 is 0 Å². The van der Waals surface area contributed by atoms with E-state index in [0.717, 1.165) is 26.1 Å². The van der Waals surface area contributed by atoms with Gasteiger partial charge in [0.05, 0.1) is 0 Å². The molecule has 1 aliphatic rings. The summed E-state index contributed by atoms with van der Waals surface area (Å²) in [7, 11) is 6.16. The monoisotopic (exact) mass is 299 g/mol. The molecule has 0 bridgehead atoms. The van der Waals surface area contributed by atoms with E-state index in [0.29, 0.717) is 16.6 Å². The molecular weight excluding hydrogens is 277 g/mol. The SMILES string of the molecule is CNC(CC1CN(C)CCN1C)c1ccc(Cl)cc1F. The third-order valence-electron chi connectivity index (χ3n) is 4.17. The maximum atomic E-state index is 14.1. The highest BCUT2D eigenvalue weighted by Gasteiger charge is 2.26. The van der Waals surface area contributed by atoms with Gasteiger partial charge in [-0.25, -0.2) is 4.39 Å². The zero-order valence-corrected chi connectivity index (χ0v) is 13.1. The third kappa shape index (κ3) is 3.70. The van der Waals surface area contributed by atoms with Crippen molar-refractivity contribution in [3.8, 4) is 0 Å². The molecule has 1 heterocycles. The number of nitrogens with zero attached hydrogens (tertiary/aromatic N) is 2. The molecule has 1 aromatic carbocycles. The van der Waals surface area contributed by atoms with E-state index in [1.807, 2.05) is 7.05 Å². The number of benzene rings is 1. The summed E-state index contributed by atoms with van der Waals surface area (Å²) in [6.07, 6.45) is 0.885. The molecule has 1 aliphatic heterocycles. The molecule has 1 aromatic rings. The minimum absolute atomic E-state index is 0.00576. The summed E-state index contributed by atoms with van der Waals surface area (Å²) < 4.78 is 14.1. The number of piperazine rings is 1. The van der Waals surface area contributed by atoms with Gasteiger partial charge in [0.15, 0.2) is 0 Å². The van der Waals surface area contributed by atoms with E-state index in [9.17, 15) is 4.39 Å². The van der Waals surface area contributed by atoms with Gasteiger partial charge in [-0.05, 0) is 39.7 Å². The van der Waals surface area contributed by atoms with Crippen LogP contribution >= 0.6 is 11.6 Å². The highest BCUT2D eigenvalue weighted by atomic mass is 35.5. The predicted octanol–water partition coefficient (Wildman–Crippen LogP) is 2.38. The first-order chi connectivity index (χ1) is 9.51. The summed E-state index contributed by atoms with van der Waals surface area (Å²) in [5.41, 5.74) is 0.693. The Bertz CT molecular complexity index is 455. The molecule has 1 N–H and O–H groups in total. The molecule has 0 amide bonds. The largest absolute Gasteiger partial charge is 0.313 e. The fourth-order valence-corrected chi connectivity index (χ4v) is 2.97. The van der Waals surface area contributed by atoms with E-state index < -0.39 is 0 Å². The van der Waals surface area contributed by atoms with Crippen molar-refractivity contribution < 1.29 is 4.39 Å². The van der Waals surface area contributed by atoms with Gasteiger partial charge < -0.3 is 15.1 Å². The first kappa shape index (κ1) is 15.7. The zero-order valence-electron chi connectivity index (χ0n) is 12.4. The number of hydrogen-bond acceptors (Lipinski definition) is 3. The van der Waals surface area contributed by atoms with Gasteiger partial charge in [0.2, 0.25) is 0 Å². The highest BCUT2D eigenvalue weighted by Crippen LogP contribution is 2.26. The predicted molar refractivity (Wildman–Crippen MR) is 81.7 cm³/mol. The van der Waals surface area contributed by atoms with Gasteiger partial charge in [0.25, 0.3) is 0 Å². The maximum Gasteiger partial charge on any atom is 0.129 e. The number of nitrogens with one attached hydrogen (secondary N) is 1. The molecule has 3 nitrogen and oxygen atoms in total. The lowest BCUT2D eigenvalue weighted by Crippen LogP contribution is -2.50. The summed E-state index contributed by atoms with van der Waals surface area (Å²) in [4.78, 5) is 4.69. The van der Waals surface area contributed by atoms with Crippen molar-refractivity contribution in [3.63, 3.8) is 0 Å². The van der Waals surface area contributed by atoms with Gasteiger partial charge in [0.1, 0.15) is 5.82 Å². The summed E-state index contributed by atoms with van der Waals surface area (Å²) in [6, 6.07) is 5.36. The number of likely N-dealkylation sites (N-methyl/N-ethyl adjacent to an activating group) is 2. The average Bonchev–Trinajstić information content (AvgIpc) is 2.40. The van der Waals surface area contributed by atoms with Crippen molar-refractivity contribution in [2.24, 2.45) is 0 Å². The van der Waals surface area contributed by atoms with Crippen LogP contribution in [0, 0.1) is 5.82 Å². The Morgan fingerprint density at radius 2 is 2.15 bits per heavy atom. The van der Waals surface area contributed by atoms with Gasteiger partial charge in [-0.3, -0.25) is 0 Å². The highest BCUT2D eigenvalue weighted by molar-refractivity contribution is 6.30. The van der Waals surface area contributed by atoms with E-state index in [1.54, 1.807) is 12.1 Å². The zero-order chi connectivity index (χ0) is 14.7. The molecule has 1 saturated heterocycles. The number of rotatable bonds is 4. The molecule has 0 aromatic heterocycles. The summed E-state index contributed by atoms with van der Waals surface area (Å²) >= 11 is 5.82. The minimum Gasteiger partial charge on any atom is -0.313 e. The first-order valence-corrected chi connectivity index (χ1v) is 7.40. The second-order valence-corrected chi connectivity index (χ2v) is 6.08. The molecule has 1 fully saturated rings. The molecule has 0 saturated carbocycles. The van der Waals surface area contributed by atoms with Gasteiger partial charge in [-0.1, -0.05) is 17.7 Å². The molecule has 0 aliphatic carbocycles. The molecule has 0 radical (unpaired) electrons. The van der Waals surface area contributed by atoms with Crippen molar-refractivity contribution in [3.05, 3.63) is 34.6 Å².